The summed E-state index contributed by atoms with van der Waals surface area (Å²) in [7, 11) is 0. The third-order valence-corrected chi connectivity index (χ3v) is 3.37. The van der Waals surface area contributed by atoms with Crippen LogP contribution in [0, 0.1) is 17.3 Å². The van der Waals surface area contributed by atoms with Crippen LogP contribution in [0.4, 0.5) is 0 Å². The number of rotatable bonds is 0. The number of hydrogen-bond donors (Lipinski definition) is 1. The molecule has 0 aliphatic heterocycles. The highest BCUT2D eigenvalue weighted by molar-refractivity contribution is 5.17. The van der Waals surface area contributed by atoms with Crippen molar-refractivity contribution < 1.29 is 5.11 Å². The largest absolute Gasteiger partial charge is 0.389 e. The van der Waals surface area contributed by atoms with E-state index in [4.69, 9.17) is 0 Å². The molecule has 3 aliphatic carbocycles. The average molecular weight is 138 g/mol. The lowest BCUT2D eigenvalue weighted by Gasteiger charge is -2.55. The maximum absolute atomic E-state index is 9.46. The van der Waals surface area contributed by atoms with Crippen LogP contribution in [0.5, 0.6) is 0 Å². The summed E-state index contributed by atoms with van der Waals surface area (Å²) in [5.41, 5.74) is 0.369. The van der Waals surface area contributed by atoms with E-state index in [1.54, 1.807) is 0 Å². The molecule has 56 valence electrons. The Labute approximate surface area is 61.8 Å². The molecule has 0 heterocycles. The summed E-state index contributed by atoms with van der Waals surface area (Å²) >= 11 is 0. The SMILES string of the molecule is CC1(C)[C@H]2C=C[C@H](O)[C@@H]1C2. The molecule has 0 amide bonds. The Bertz CT molecular complexity index is 181. The number of aliphatic hydroxyl groups excluding tert-OH is 1. The summed E-state index contributed by atoms with van der Waals surface area (Å²) in [5, 5.41) is 9.46. The molecule has 2 bridgehead atoms. The van der Waals surface area contributed by atoms with Gasteiger partial charge < -0.3 is 5.11 Å². The van der Waals surface area contributed by atoms with E-state index in [9.17, 15) is 5.11 Å². The van der Waals surface area contributed by atoms with Crippen molar-refractivity contribution in [1.29, 1.82) is 0 Å². The van der Waals surface area contributed by atoms with Crippen LogP contribution in [0.3, 0.4) is 0 Å². The molecule has 1 saturated carbocycles. The zero-order chi connectivity index (χ0) is 7.35. The normalized spacial score (nSPS) is 48.5. The minimum absolute atomic E-state index is 0.167. The van der Waals surface area contributed by atoms with E-state index in [-0.39, 0.29) is 6.10 Å². The third-order valence-electron chi connectivity index (χ3n) is 3.37. The van der Waals surface area contributed by atoms with Gasteiger partial charge in [-0.25, -0.2) is 0 Å². The summed E-state index contributed by atoms with van der Waals surface area (Å²) in [5.74, 6) is 1.27. The fourth-order valence-corrected chi connectivity index (χ4v) is 2.28. The van der Waals surface area contributed by atoms with Gasteiger partial charge >= 0.3 is 0 Å². The van der Waals surface area contributed by atoms with Crippen LogP contribution in [-0.4, -0.2) is 11.2 Å². The molecular formula is C9H14O. The second kappa shape index (κ2) is 1.65. The maximum atomic E-state index is 9.46. The van der Waals surface area contributed by atoms with Crippen molar-refractivity contribution in [1.82, 2.24) is 0 Å². The highest BCUT2D eigenvalue weighted by Gasteiger charge is 2.51. The smallest absolute Gasteiger partial charge is 0.0754 e. The van der Waals surface area contributed by atoms with Gasteiger partial charge in [-0.1, -0.05) is 26.0 Å². The quantitative estimate of drug-likeness (QED) is 0.504. The first-order valence-electron chi connectivity index (χ1n) is 3.99. The maximum Gasteiger partial charge on any atom is 0.0754 e. The monoisotopic (exact) mass is 138 g/mol. The standard InChI is InChI=1S/C9H14O/c1-9(2)6-3-4-8(10)7(9)5-6/h3-4,6-8,10H,5H2,1-2H3/t6-,7-,8-/m0/s1. The Hall–Kier alpha value is -0.300. The average Bonchev–Trinajstić information content (AvgIpc) is 1.87. The Balaban J connectivity index is 2.28. The van der Waals surface area contributed by atoms with E-state index in [1.807, 2.05) is 6.08 Å². The second-order valence-electron chi connectivity index (χ2n) is 4.15. The molecule has 0 spiro atoms. The van der Waals surface area contributed by atoms with Gasteiger partial charge in [-0.3, -0.25) is 0 Å². The molecule has 3 rings (SSSR count). The highest BCUT2D eigenvalue weighted by Crippen LogP contribution is 2.56. The summed E-state index contributed by atoms with van der Waals surface area (Å²) in [6, 6.07) is 0. The van der Waals surface area contributed by atoms with Gasteiger partial charge in [-0.05, 0) is 23.7 Å². The van der Waals surface area contributed by atoms with Crippen LogP contribution < -0.4 is 0 Å². The van der Waals surface area contributed by atoms with Gasteiger partial charge in [0.25, 0.3) is 0 Å². The first-order valence-corrected chi connectivity index (χ1v) is 3.99. The van der Waals surface area contributed by atoms with Gasteiger partial charge in [0.15, 0.2) is 0 Å². The van der Waals surface area contributed by atoms with Crippen molar-refractivity contribution in [2.24, 2.45) is 17.3 Å². The molecule has 0 aromatic heterocycles. The fraction of sp³-hybridized carbons (Fsp3) is 0.778. The van der Waals surface area contributed by atoms with Crippen LogP contribution >= 0.6 is 0 Å². The lowest BCUT2D eigenvalue weighted by molar-refractivity contribution is -0.0692. The third kappa shape index (κ3) is 0.567. The summed E-state index contributed by atoms with van der Waals surface area (Å²) in [6.45, 7) is 4.50. The van der Waals surface area contributed by atoms with Crippen LogP contribution in [0.15, 0.2) is 12.2 Å². The van der Waals surface area contributed by atoms with Crippen molar-refractivity contribution in [3.05, 3.63) is 12.2 Å². The van der Waals surface area contributed by atoms with Crippen molar-refractivity contribution >= 4 is 0 Å². The van der Waals surface area contributed by atoms with Gasteiger partial charge in [-0.2, -0.15) is 0 Å². The molecule has 0 radical (unpaired) electrons. The van der Waals surface area contributed by atoms with Crippen LogP contribution in [-0.2, 0) is 0 Å². The first kappa shape index (κ1) is 6.41. The summed E-state index contributed by atoms with van der Waals surface area (Å²) < 4.78 is 0. The molecule has 1 fully saturated rings. The van der Waals surface area contributed by atoms with Crippen LogP contribution in [0.1, 0.15) is 20.3 Å². The number of allylic oxidation sites excluding steroid dienone is 1. The molecule has 0 unspecified atom stereocenters. The minimum Gasteiger partial charge on any atom is -0.389 e. The zero-order valence-electron chi connectivity index (χ0n) is 6.54. The Morgan fingerprint density at radius 1 is 1.40 bits per heavy atom. The molecule has 1 N–H and O–H groups in total. The van der Waals surface area contributed by atoms with Crippen molar-refractivity contribution in [3.8, 4) is 0 Å². The fourth-order valence-electron chi connectivity index (χ4n) is 2.28. The Kier molecular flexibility index (Phi) is 1.06. The highest BCUT2D eigenvalue weighted by atomic mass is 16.3. The molecule has 0 saturated heterocycles. The van der Waals surface area contributed by atoms with E-state index < -0.39 is 0 Å². The van der Waals surface area contributed by atoms with Crippen LogP contribution in [0.25, 0.3) is 0 Å². The molecule has 1 heteroatoms. The van der Waals surface area contributed by atoms with E-state index in [0.717, 1.165) is 5.92 Å². The number of fused-ring (bicyclic) bond motifs is 1. The van der Waals surface area contributed by atoms with Gasteiger partial charge in [0.2, 0.25) is 0 Å². The number of hydrogen-bond acceptors (Lipinski definition) is 1. The van der Waals surface area contributed by atoms with E-state index >= 15 is 0 Å². The van der Waals surface area contributed by atoms with Gasteiger partial charge in [0, 0.05) is 0 Å². The topological polar surface area (TPSA) is 20.2 Å². The van der Waals surface area contributed by atoms with Crippen molar-refractivity contribution in [3.63, 3.8) is 0 Å². The molecule has 0 aromatic carbocycles. The molecule has 0 aromatic rings. The molecule has 3 atom stereocenters. The lowest BCUT2D eigenvalue weighted by atomic mass is 9.50. The lowest BCUT2D eigenvalue weighted by Crippen LogP contribution is -2.51. The zero-order valence-corrected chi connectivity index (χ0v) is 6.54. The van der Waals surface area contributed by atoms with Gasteiger partial charge in [0.1, 0.15) is 0 Å². The summed E-state index contributed by atoms with van der Waals surface area (Å²) in [6.07, 6.45) is 5.15. The Morgan fingerprint density at radius 2 is 2.10 bits per heavy atom. The molecule has 10 heavy (non-hydrogen) atoms. The molecular weight excluding hydrogens is 124 g/mol. The van der Waals surface area contributed by atoms with E-state index in [1.165, 1.54) is 6.42 Å². The van der Waals surface area contributed by atoms with Crippen molar-refractivity contribution in [2.75, 3.05) is 0 Å². The minimum atomic E-state index is -0.167. The van der Waals surface area contributed by atoms with Crippen molar-refractivity contribution in [2.45, 2.75) is 26.4 Å². The van der Waals surface area contributed by atoms with Gasteiger partial charge in [-0.15, -0.1) is 0 Å². The van der Waals surface area contributed by atoms with E-state index in [2.05, 4.69) is 19.9 Å². The van der Waals surface area contributed by atoms with E-state index in [0.29, 0.717) is 11.3 Å². The van der Waals surface area contributed by atoms with Gasteiger partial charge in [0.05, 0.1) is 6.10 Å². The van der Waals surface area contributed by atoms with Crippen LogP contribution in [0.2, 0.25) is 0 Å². The Morgan fingerprint density at radius 3 is 2.40 bits per heavy atom. The molecule has 1 nitrogen and oxygen atoms in total. The predicted molar refractivity (Wildman–Crippen MR) is 40.5 cm³/mol. The first-order chi connectivity index (χ1) is 4.62. The summed E-state index contributed by atoms with van der Waals surface area (Å²) in [4.78, 5) is 0. The second-order valence-corrected chi connectivity index (χ2v) is 4.15. The number of aliphatic hydroxyl groups is 1. The molecule has 3 aliphatic rings. The predicted octanol–water partition coefficient (Wildman–Crippen LogP) is 1.58.